The zero-order valence-corrected chi connectivity index (χ0v) is 17.8. The molecule has 0 saturated heterocycles. The van der Waals surface area contributed by atoms with E-state index in [1.54, 1.807) is 6.07 Å². The van der Waals surface area contributed by atoms with Crippen LogP contribution in [0.1, 0.15) is 11.1 Å². The number of carbonyl (C=O) groups is 1. The zero-order valence-electron chi connectivity index (χ0n) is 17.0. The van der Waals surface area contributed by atoms with Crippen LogP contribution in [0.15, 0.2) is 70.5 Å². The highest BCUT2D eigenvalue weighted by molar-refractivity contribution is 7.91. The van der Waals surface area contributed by atoms with Crippen molar-refractivity contribution < 1.29 is 46.1 Å². The molecule has 0 aliphatic carbocycles. The Balaban J connectivity index is 2.05. The fraction of sp³-hybridized carbons (Fsp3) is 0.136. The summed E-state index contributed by atoms with van der Waals surface area (Å²) in [6.45, 7) is 0.454. The zero-order chi connectivity index (χ0) is 24.4. The Hall–Kier alpha value is -3.73. The largest absolute Gasteiger partial charge is 0.507 e. The van der Waals surface area contributed by atoms with E-state index in [-0.39, 0.29) is 22.0 Å². The second-order valence-electron chi connectivity index (χ2n) is 6.85. The topological polar surface area (TPSA) is 110 Å². The molecular formula is C22H17F3O7S. The van der Waals surface area contributed by atoms with Gasteiger partial charge in [0, 0.05) is 6.07 Å². The van der Waals surface area contributed by atoms with Crippen LogP contribution in [0.25, 0.3) is 0 Å². The Bertz CT molecular complexity index is 1290. The van der Waals surface area contributed by atoms with Gasteiger partial charge >= 0.3 is 12.1 Å². The summed E-state index contributed by atoms with van der Waals surface area (Å²) in [6.07, 6.45) is -4.89. The monoisotopic (exact) mass is 482 g/mol. The molecule has 0 fully saturated rings. The van der Waals surface area contributed by atoms with Crippen LogP contribution in [0, 0.1) is 6.92 Å². The molecule has 0 aromatic heterocycles. The average Bonchev–Trinajstić information content (AvgIpc) is 2.74. The molecule has 0 bridgehead atoms. The lowest BCUT2D eigenvalue weighted by atomic mass is 10.1. The first-order chi connectivity index (χ1) is 15.4. The van der Waals surface area contributed by atoms with Gasteiger partial charge in [-0.05, 0) is 48.9 Å². The maximum absolute atomic E-state index is 13.7. The minimum absolute atomic E-state index is 0.0363. The van der Waals surface area contributed by atoms with Crippen molar-refractivity contribution in [3.8, 4) is 23.0 Å². The Morgan fingerprint density at radius 2 is 1.67 bits per heavy atom. The van der Waals surface area contributed by atoms with Gasteiger partial charge < -0.3 is 19.7 Å². The van der Waals surface area contributed by atoms with Crippen molar-refractivity contribution in [1.29, 1.82) is 0 Å². The molecule has 174 valence electrons. The van der Waals surface area contributed by atoms with E-state index in [0.29, 0.717) is 6.07 Å². The van der Waals surface area contributed by atoms with Crippen molar-refractivity contribution in [3.05, 3.63) is 71.8 Å². The van der Waals surface area contributed by atoms with Crippen molar-refractivity contribution in [3.63, 3.8) is 0 Å². The number of aromatic hydroxyl groups is 1. The minimum Gasteiger partial charge on any atom is -0.507 e. The number of aryl methyl sites for hydroxylation is 1. The molecular weight excluding hydrogens is 465 g/mol. The van der Waals surface area contributed by atoms with E-state index in [1.165, 1.54) is 31.2 Å². The number of carboxylic acids is 1. The van der Waals surface area contributed by atoms with Gasteiger partial charge in [0.2, 0.25) is 9.84 Å². The number of alkyl halides is 3. The summed E-state index contributed by atoms with van der Waals surface area (Å²) in [5, 5.41) is 18.8. The molecule has 3 rings (SSSR count). The van der Waals surface area contributed by atoms with E-state index in [0.717, 1.165) is 24.3 Å². The highest BCUT2D eigenvalue weighted by Crippen LogP contribution is 2.43. The first-order valence-electron chi connectivity index (χ1n) is 9.27. The van der Waals surface area contributed by atoms with E-state index in [1.807, 2.05) is 0 Å². The predicted octanol–water partition coefficient (Wildman–Crippen LogP) is 4.81. The van der Waals surface area contributed by atoms with E-state index >= 15 is 0 Å². The first kappa shape index (κ1) is 23.9. The van der Waals surface area contributed by atoms with Gasteiger partial charge in [-0.3, -0.25) is 0 Å². The fourth-order valence-corrected chi connectivity index (χ4v) is 4.32. The van der Waals surface area contributed by atoms with Gasteiger partial charge in [0.25, 0.3) is 0 Å². The van der Waals surface area contributed by atoms with Crippen LogP contribution in [-0.2, 0) is 20.8 Å². The second kappa shape index (κ2) is 9.02. The number of carboxylic acid groups (broad SMARTS) is 1. The molecule has 11 heteroatoms. The van der Waals surface area contributed by atoms with Crippen molar-refractivity contribution in [2.45, 2.75) is 22.9 Å². The van der Waals surface area contributed by atoms with Crippen molar-refractivity contribution >= 4 is 15.8 Å². The summed E-state index contributed by atoms with van der Waals surface area (Å²) < 4.78 is 77.0. The molecule has 0 atom stereocenters. The molecule has 33 heavy (non-hydrogen) atoms. The van der Waals surface area contributed by atoms with E-state index in [4.69, 9.17) is 14.6 Å². The van der Waals surface area contributed by atoms with Crippen molar-refractivity contribution in [1.82, 2.24) is 0 Å². The fourth-order valence-electron chi connectivity index (χ4n) is 2.93. The minimum atomic E-state index is -4.89. The lowest BCUT2D eigenvalue weighted by Crippen LogP contribution is -2.12. The van der Waals surface area contributed by atoms with Crippen LogP contribution >= 0.6 is 0 Å². The molecule has 0 aliphatic rings. The lowest BCUT2D eigenvalue weighted by molar-refractivity contribution is -0.139. The Kier molecular flexibility index (Phi) is 6.54. The summed E-state index contributed by atoms with van der Waals surface area (Å²) in [5.41, 5.74) is -1.28. The van der Waals surface area contributed by atoms with Crippen molar-refractivity contribution in [2.24, 2.45) is 0 Å². The number of halogens is 3. The summed E-state index contributed by atoms with van der Waals surface area (Å²) >= 11 is 0. The summed E-state index contributed by atoms with van der Waals surface area (Å²) in [5.74, 6) is -3.18. The van der Waals surface area contributed by atoms with Gasteiger partial charge in [-0.1, -0.05) is 18.2 Å². The van der Waals surface area contributed by atoms with Gasteiger partial charge in [0.05, 0.1) is 4.90 Å². The molecule has 0 amide bonds. The van der Waals surface area contributed by atoms with Crippen LogP contribution in [0.4, 0.5) is 13.2 Å². The summed E-state index contributed by atoms with van der Waals surface area (Å²) in [6, 6.07) is 12.0. The van der Waals surface area contributed by atoms with Gasteiger partial charge in [-0.15, -0.1) is 0 Å². The number of benzene rings is 3. The van der Waals surface area contributed by atoms with Crippen molar-refractivity contribution in [2.75, 3.05) is 6.61 Å². The highest BCUT2D eigenvalue weighted by atomic mass is 32.2. The van der Waals surface area contributed by atoms with Crippen LogP contribution in [-0.4, -0.2) is 31.2 Å². The number of hydrogen-bond donors (Lipinski definition) is 2. The molecule has 2 N–H and O–H groups in total. The lowest BCUT2D eigenvalue weighted by Gasteiger charge is -2.18. The highest BCUT2D eigenvalue weighted by Gasteiger charge is 2.36. The number of phenolic OH excluding ortho intramolecular Hbond substituents is 1. The maximum atomic E-state index is 13.7. The first-order valence-corrected chi connectivity index (χ1v) is 10.8. The normalized spacial score (nSPS) is 11.8. The van der Waals surface area contributed by atoms with Crippen LogP contribution < -0.4 is 9.47 Å². The molecule has 0 heterocycles. The molecule has 0 unspecified atom stereocenters. The van der Waals surface area contributed by atoms with E-state index in [9.17, 15) is 31.5 Å². The molecule has 7 nitrogen and oxygen atoms in total. The third-order valence-corrected chi connectivity index (χ3v) is 6.21. The standard InChI is InChI=1S/C22H17F3O7S/c1-13-9-15(31-12-20(27)28)10-17(22(23,24)25)21(13)32-14-7-8-18(26)19(11-14)33(29,30)16-5-3-2-4-6-16/h2-11,26H,12H2,1H3,(H,27,28). The molecule has 0 radical (unpaired) electrons. The third kappa shape index (κ3) is 5.37. The Morgan fingerprint density at radius 1 is 1.00 bits per heavy atom. The molecule has 3 aromatic rings. The number of phenols is 1. The van der Waals surface area contributed by atoms with E-state index in [2.05, 4.69) is 0 Å². The number of aliphatic carboxylic acids is 1. The maximum Gasteiger partial charge on any atom is 0.420 e. The quantitative estimate of drug-likeness (QED) is 0.497. The smallest absolute Gasteiger partial charge is 0.420 e. The van der Waals surface area contributed by atoms with Gasteiger partial charge in [-0.2, -0.15) is 13.2 Å². The molecule has 0 spiro atoms. The number of sulfone groups is 1. The molecule has 0 aliphatic heterocycles. The summed E-state index contributed by atoms with van der Waals surface area (Å²) in [7, 11) is -4.18. The molecule has 3 aromatic carbocycles. The average molecular weight is 482 g/mol. The number of hydrogen-bond acceptors (Lipinski definition) is 6. The van der Waals surface area contributed by atoms with Gasteiger partial charge in [-0.25, -0.2) is 13.2 Å². The molecule has 0 saturated carbocycles. The Morgan fingerprint density at radius 3 is 2.27 bits per heavy atom. The summed E-state index contributed by atoms with van der Waals surface area (Å²) in [4.78, 5) is 9.99. The third-order valence-electron chi connectivity index (χ3n) is 4.41. The van der Waals surface area contributed by atoms with Gasteiger partial charge in [0.1, 0.15) is 33.5 Å². The number of ether oxygens (including phenoxy) is 2. The van der Waals surface area contributed by atoms with Gasteiger partial charge in [0.15, 0.2) is 6.61 Å². The van der Waals surface area contributed by atoms with Crippen LogP contribution in [0.3, 0.4) is 0 Å². The number of rotatable bonds is 7. The second-order valence-corrected chi connectivity index (χ2v) is 8.76. The Labute approximate surface area is 186 Å². The van der Waals surface area contributed by atoms with E-state index < -0.39 is 50.5 Å². The van der Waals surface area contributed by atoms with Crippen LogP contribution in [0.5, 0.6) is 23.0 Å². The SMILES string of the molecule is Cc1cc(OCC(=O)O)cc(C(F)(F)F)c1Oc1ccc(O)c(S(=O)(=O)c2ccccc2)c1. The van der Waals surface area contributed by atoms with Crippen LogP contribution in [0.2, 0.25) is 0 Å². The predicted molar refractivity (Wildman–Crippen MR) is 109 cm³/mol.